The van der Waals surface area contributed by atoms with Crippen LogP contribution in [0.1, 0.15) is 16.8 Å². The number of rotatable bonds is 3. The average molecular weight is 235 g/mol. The van der Waals surface area contributed by atoms with Crippen LogP contribution in [0.3, 0.4) is 0 Å². The van der Waals surface area contributed by atoms with Crippen LogP contribution in [-0.4, -0.2) is 46.5 Å². The number of aromatic nitrogens is 1. The molecule has 1 aliphatic rings. The van der Waals surface area contributed by atoms with Gasteiger partial charge >= 0.3 is 5.97 Å². The summed E-state index contributed by atoms with van der Waals surface area (Å²) in [6.45, 7) is 0.726. The minimum Gasteiger partial charge on any atom is -0.478 e. The number of aromatic carboxylic acids is 1. The number of amides is 1. The zero-order valence-electron chi connectivity index (χ0n) is 9.38. The van der Waals surface area contributed by atoms with Gasteiger partial charge in [0.15, 0.2) is 0 Å². The summed E-state index contributed by atoms with van der Waals surface area (Å²) in [5.74, 6) is -0.460. The van der Waals surface area contributed by atoms with Gasteiger partial charge in [-0.1, -0.05) is 0 Å². The standard InChI is InChI=1S/C11H13N3O3/c1-14-5-4-8(10(14)15)13-9-3-2-7(6-12-9)11(16)17/h2-3,6,8H,4-5H2,1H3,(H,12,13)(H,16,17). The number of nitrogens with zero attached hydrogens (tertiary/aromatic N) is 2. The Morgan fingerprint density at radius 1 is 1.59 bits per heavy atom. The number of carboxylic acid groups (broad SMARTS) is 1. The molecule has 2 N–H and O–H groups in total. The number of nitrogens with one attached hydrogen (secondary N) is 1. The predicted molar refractivity (Wildman–Crippen MR) is 60.9 cm³/mol. The summed E-state index contributed by atoms with van der Waals surface area (Å²) in [5.41, 5.74) is 0.130. The maximum absolute atomic E-state index is 11.6. The lowest BCUT2D eigenvalue weighted by Gasteiger charge is -2.12. The molecule has 0 bridgehead atoms. The normalized spacial score (nSPS) is 19.5. The smallest absolute Gasteiger partial charge is 0.337 e. The first kappa shape index (κ1) is 11.4. The van der Waals surface area contributed by atoms with Gasteiger partial charge in [0.25, 0.3) is 0 Å². The zero-order chi connectivity index (χ0) is 12.4. The first-order chi connectivity index (χ1) is 8.08. The summed E-state index contributed by atoms with van der Waals surface area (Å²) in [7, 11) is 1.75. The fraction of sp³-hybridized carbons (Fsp3) is 0.364. The summed E-state index contributed by atoms with van der Waals surface area (Å²) in [5, 5.41) is 11.7. The van der Waals surface area contributed by atoms with Gasteiger partial charge in [-0.15, -0.1) is 0 Å². The van der Waals surface area contributed by atoms with Gasteiger partial charge < -0.3 is 15.3 Å². The lowest BCUT2D eigenvalue weighted by atomic mass is 10.2. The Morgan fingerprint density at radius 2 is 2.35 bits per heavy atom. The lowest BCUT2D eigenvalue weighted by Crippen LogP contribution is -2.31. The summed E-state index contributed by atoms with van der Waals surface area (Å²) in [6, 6.07) is 2.76. The number of hydrogen-bond donors (Lipinski definition) is 2. The highest BCUT2D eigenvalue weighted by atomic mass is 16.4. The van der Waals surface area contributed by atoms with Gasteiger partial charge in [0.05, 0.1) is 5.56 Å². The van der Waals surface area contributed by atoms with Crippen LogP contribution in [-0.2, 0) is 4.79 Å². The Bertz CT molecular complexity index is 444. The van der Waals surface area contributed by atoms with Crippen LogP contribution in [0.4, 0.5) is 5.82 Å². The van der Waals surface area contributed by atoms with E-state index < -0.39 is 5.97 Å². The summed E-state index contributed by atoms with van der Waals surface area (Å²) in [6.07, 6.45) is 2.01. The van der Waals surface area contributed by atoms with Gasteiger partial charge in [0, 0.05) is 19.8 Å². The molecule has 1 saturated heterocycles. The third-order valence-electron chi connectivity index (χ3n) is 2.76. The highest BCUT2D eigenvalue weighted by Gasteiger charge is 2.28. The number of hydrogen-bond acceptors (Lipinski definition) is 4. The van der Waals surface area contributed by atoms with E-state index >= 15 is 0 Å². The second-order valence-corrected chi connectivity index (χ2v) is 3.98. The quantitative estimate of drug-likeness (QED) is 0.793. The number of pyridine rings is 1. The highest BCUT2D eigenvalue weighted by Crippen LogP contribution is 2.14. The van der Waals surface area contributed by atoms with Gasteiger partial charge in [0.2, 0.25) is 5.91 Å². The molecule has 2 rings (SSSR count). The van der Waals surface area contributed by atoms with Crippen LogP contribution < -0.4 is 5.32 Å². The Balaban J connectivity index is 2.04. The molecular weight excluding hydrogens is 222 g/mol. The second-order valence-electron chi connectivity index (χ2n) is 3.98. The first-order valence-electron chi connectivity index (χ1n) is 5.29. The van der Waals surface area contributed by atoms with E-state index in [2.05, 4.69) is 10.3 Å². The van der Waals surface area contributed by atoms with E-state index in [4.69, 9.17) is 5.11 Å². The SMILES string of the molecule is CN1CCC(Nc2ccc(C(=O)O)cn2)C1=O. The summed E-state index contributed by atoms with van der Waals surface area (Å²) in [4.78, 5) is 27.9. The van der Waals surface area contributed by atoms with Crippen LogP contribution in [0.15, 0.2) is 18.3 Å². The molecular formula is C11H13N3O3. The summed E-state index contributed by atoms with van der Waals surface area (Å²) >= 11 is 0. The van der Waals surface area contributed by atoms with Crippen molar-refractivity contribution in [3.63, 3.8) is 0 Å². The van der Waals surface area contributed by atoms with Crippen LogP contribution in [0.2, 0.25) is 0 Å². The van der Waals surface area contributed by atoms with E-state index in [1.807, 2.05) is 0 Å². The minimum atomic E-state index is -1.01. The molecule has 17 heavy (non-hydrogen) atoms. The number of anilines is 1. The minimum absolute atomic E-state index is 0.0362. The third-order valence-corrected chi connectivity index (χ3v) is 2.76. The molecule has 2 heterocycles. The number of likely N-dealkylation sites (N-methyl/N-ethyl adjacent to an activating group) is 1. The van der Waals surface area contributed by atoms with E-state index in [1.54, 1.807) is 18.0 Å². The second kappa shape index (κ2) is 4.40. The molecule has 1 unspecified atom stereocenters. The van der Waals surface area contributed by atoms with E-state index in [1.165, 1.54) is 12.3 Å². The Morgan fingerprint density at radius 3 is 2.82 bits per heavy atom. The lowest BCUT2D eigenvalue weighted by molar-refractivity contribution is -0.127. The molecule has 1 fully saturated rings. The molecule has 6 heteroatoms. The fourth-order valence-corrected chi connectivity index (χ4v) is 1.74. The topological polar surface area (TPSA) is 82.5 Å². The van der Waals surface area contributed by atoms with Crippen LogP contribution in [0.5, 0.6) is 0 Å². The first-order valence-corrected chi connectivity index (χ1v) is 5.29. The maximum atomic E-state index is 11.6. The number of likely N-dealkylation sites (tertiary alicyclic amines) is 1. The monoisotopic (exact) mass is 235 g/mol. The number of carbonyl (C=O) groups is 2. The van der Waals surface area contributed by atoms with Gasteiger partial charge in [-0.3, -0.25) is 4.79 Å². The summed E-state index contributed by atoms with van der Waals surface area (Å²) < 4.78 is 0. The Kier molecular flexibility index (Phi) is 2.95. The molecule has 0 spiro atoms. The zero-order valence-corrected chi connectivity index (χ0v) is 9.38. The van der Waals surface area contributed by atoms with E-state index in [9.17, 15) is 9.59 Å². The largest absolute Gasteiger partial charge is 0.478 e. The average Bonchev–Trinajstić information content (AvgIpc) is 2.62. The van der Waals surface area contributed by atoms with Crippen molar-refractivity contribution in [2.24, 2.45) is 0 Å². The van der Waals surface area contributed by atoms with Crippen LogP contribution in [0.25, 0.3) is 0 Å². The van der Waals surface area contributed by atoms with E-state index in [-0.39, 0.29) is 17.5 Å². The molecule has 1 aromatic rings. The Hall–Kier alpha value is -2.11. The van der Waals surface area contributed by atoms with E-state index in [0.717, 1.165) is 13.0 Å². The molecule has 6 nitrogen and oxygen atoms in total. The molecule has 0 radical (unpaired) electrons. The van der Waals surface area contributed by atoms with Crippen LogP contribution >= 0.6 is 0 Å². The molecule has 1 atom stereocenters. The molecule has 1 aromatic heterocycles. The molecule has 0 saturated carbocycles. The fourth-order valence-electron chi connectivity index (χ4n) is 1.74. The molecule has 0 aliphatic carbocycles. The number of carbonyl (C=O) groups excluding carboxylic acids is 1. The van der Waals surface area contributed by atoms with Crippen LogP contribution in [0, 0.1) is 0 Å². The predicted octanol–water partition coefficient (Wildman–Crippen LogP) is 0.422. The van der Waals surface area contributed by atoms with E-state index in [0.29, 0.717) is 5.82 Å². The van der Waals surface area contributed by atoms with Gasteiger partial charge in [0.1, 0.15) is 11.9 Å². The van der Waals surface area contributed by atoms with Gasteiger partial charge in [-0.2, -0.15) is 0 Å². The van der Waals surface area contributed by atoms with Gasteiger partial charge in [-0.05, 0) is 18.6 Å². The van der Waals surface area contributed by atoms with Crippen molar-refractivity contribution >= 4 is 17.7 Å². The molecule has 1 amide bonds. The highest BCUT2D eigenvalue weighted by molar-refractivity contribution is 5.88. The molecule has 1 aliphatic heterocycles. The molecule has 0 aromatic carbocycles. The van der Waals surface area contributed by atoms with Crippen molar-refractivity contribution in [2.45, 2.75) is 12.5 Å². The Labute approximate surface area is 98.3 Å². The number of carboxylic acids is 1. The maximum Gasteiger partial charge on any atom is 0.337 e. The van der Waals surface area contributed by atoms with Crippen molar-refractivity contribution in [2.75, 3.05) is 18.9 Å². The van der Waals surface area contributed by atoms with Crippen molar-refractivity contribution in [3.8, 4) is 0 Å². The van der Waals surface area contributed by atoms with Crippen molar-refractivity contribution in [1.29, 1.82) is 0 Å². The molecule has 90 valence electrons. The van der Waals surface area contributed by atoms with Crippen molar-refractivity contribution in [1.82, 2.24) is 9.88 Å². The van der Waals surface area contributed by atoms with Crippen molar-refractivity contribution < 1.29 is 14.7 Å². The third kappa shape index (κ3) is 2.35. The van der Waals surface area contributed by atoms with Gasteiger partial charge in [-0.25, -0.2) is 9.78 Å². The van der Waals surface area contributed by atoms with Crippen molar-refractivity contribution in [3.05, 3.63) is 23.9 Å².